The lowest BCUT2D eigenvalue weighted by Gasteiger charge is -2.09. The van der Waals surface area contributed by atoms with Crippen LogP contribution in [0.5, 0.6) is 0 Å². The molecular formula is C22H21N5O. The Bertz CT molecular complexity index is 1020. The third kappa shape index (κ3) is 4.17. The number of carbonyl (C=O) groups is 1. The molecule has 0 atom stereocenters. The Hall–Kier alpha value is -3.67. The summed E-state index contributed by atoms with van der Waals surface area (Å²) >= 11 is 0. The van der Waals surface area contributed by atoms with Crippen LogP contribution in [-0.2, 0) is 13.0 Å². The molecule has 0 aliphatic carbocycles. The van der Waals surface area contributed by atoms with Crippen LogP contribution in [0.3, 0.4) is 0 Å². The average Bonchev–Trinajstić information content (AvgIpc) is 3.42. The minimum absolute atomic E-state index is 0.0849. The van der Waals surface area contributed by atoms with E-state index >= 15 is 0 Å². The smallest absolute Gasteiger partial charge is 0.251 e. The molecule has 2 aromatic carbocycles. The monoisotopic (exact) mass is 371 g/mol. The van der Waals surface area contributed by atoms with Crippen LogP contribution in [-0.4, -0.2) is 31.6 Å². The van der Waals surface area contributed by atoms with Crippen LogP contribution >= 0.6 is 0 Å². The number of carbonyl (C=O) groups excluding carboxylic acids is 1. The van der Waals surface area contributed by atoms with Crippen LogP contribution in [0.1, 0.15) is 21.7 Å². The zero-order valence-electron chi connectivity index (χ0n) is 15.4. The van der Waals surface area contributed by atoms with Gasteiger partial charge < -0.3 is 14.5 Å². The van der Waals surface area contributed by atoms with Gasteiger partial charge >= 0.3 is 0 Å². The summed E-state index contributed by atoms with van der Waals surface area (Å²) in [5.74, 6) is 0.873. The van der Waals surface area contributed by atoms with Crippen molar-refractivity contribution in [2.75, 3.05) is 6.54 Å². The van der Waals surface area contributed by atoms with Crippen molar-refractivity contribution in [1.29, 1.82) is 0 Å². The van der Waals surface area contributed by atoms with E-state index in [0.717, 1.165) is 18.1 Å². The maximum absolute atomic E-state index is 12.4. The first-order valence-electron chi connectivity index (χ1n) is 9.20. The molecule has 0 unspecified atom stereocenters. The van der Waals surface area contributed by atoms with Gasteiger partial charge in [0.15, 0.2) is 0 Å². The Labute approximate surface area is 163 Å². The van der Waals surface area contributed by atoms with Crippen LogP contribution < -0.4 is 5.32 Å². The Morgan fingerprint density at radius 2 is 1.79 bits per heavy atom. The number of imidazole rings is 2. The van der Waals surface area contributed by atoms with Gasteiger partial charge in [-0.2, -0.15) is 0 Å². The summed E-state index contributed by atoms with van der Waals surface area (Å²) in [5, 5.41) is 2.97. The second-order valence-electron chi connectivity index (χ2n) is 6.48. The average molecular weight is 371 g/mol. The Balaban J connectivity index is 1.32. The van der Waals surface area contributed by atoms with Crippen LogP contribution in [0.25, 0.3) is 5.69 Å². The molecule has 0 saturated heterocycles. The predicted octanol–water partition coefficient (Wildman–Crippen LogP) is 3.09. The van der Waals surface area contributed by atoms with Crippen molar-refractivity contribution >= 4 is 5.91 Å². The fourth-order valence-corrected chi connectivity index (χ4v) is 3.08. The molecule has 0 aliphatic rings. The van der Waals surface area contributed by atoms with E-state index < -0.39 is 0 Å². The Morgan fingerprint density at radius 3 is 2.54 bits per heavy atom. The molecule has 1 amide bonds. The second-order valence-corrected chi connectivity index (χ2v) is 6.48. The van der Waals surface area contributed by atoms with E-state index in [1.54, 1.807) is 18.7 Å². The Morgan fingerprint density at radius 1 is 0.964 bits per heavy atom. The number of hydrogen-bond acceptors (Lipinski definition) is 3. The summed E-state index contributed by atoms with van der Waals surface area (Å²) in [6.45, 7) is 1.31. The van der Waals surface area contributed by atoms with Gasteiger partial charge in [-0.05, 0) is 29.8 Å². The highest BCUT2D eigenvalue weighted by molar-refractivity contribution is 5.94. The van der Waals surface area contributed by atoms with Crippen molar-refractivity contribution < 1.29 is 4.79 Å². The molecule has 0 bridgehead atoms. The largest absolute Gasteiger partial charge is 0.352 e. The minimum atomic E-state index is -0.0849. The van der Waals surface area contributed by atoms with E-state index in [1.807, 2.05) is 59.4 Å². The summed E-state index contributed by atoms with van der Waals surface area (Å²) < 4.78 is 4.01. The molecule has 1 N–H and O–H groups in total. The van der Waals surface area contributed by atoms with E-state index in [4.69, 9.17) is 0 Å². The van der Waals surface area contributed by atoms with Gasteiger partial charge in [-0.1, -0.05) is 30.3 Å². The summed E-state index contributed by atoms with van der Waals surface area (Å²) in [6, 6.07) is 17.7. The molecule has 6 heteroatoms. The van der Waals surface area contributed by atoms with Crippen LogP contribution in [0.2, 0.25) is 0 Å². The predicted molar refractivity (Wildman–Crippen MR) is 107 cm³/mol. The number of nitrogens with one attached hydrogen (secondary N) is 1. The van der Waals surface area contributed by atoms with Crippen LogP contribution in [0, 0.1) is 0 Å². The zero-order valence-corrected chi connectivity index (χ0v) is 15.4. The third-order valence-corrected chi connectivity index (χ3v) is 4.56. The topological polar surface area (TPSA) is 64.7 Å². The van der Waals surface area contributed by atoms with Crippen LogP contribution in [0.15, 0.2) is 85.7 Å². The lowest BCUT2D eigenvalue weighted by Crippen LogP contribution is -2.26. The van der Waals surface area contributed by atoms with Gasteiger partial charge in [0.25, 0.3) is 5.91 Å². The maximum atomic E-state index is 12.4. The summed E-state index contributed by atoms with van der Waals surface area (Å²) in [6.07, 6.45) is 9.77. The van der Waals surface area contributed by atoms with Gasteiger partial charge in [-0.25, -0.2) is 9.97 Å². The van der Waals surface area contributed by atoms with Crippen molar-refractivity contribution in [2.24, 2.45) is 0 Å². The van der Waals surface area contributed by atoms with Crippen molar-refractivity contribution in [2.45, 2.75) is 13.0 Å². The van der Waals surface area contributed by atoms with E-state index in [2.05, 4.69) is 32.0 Å². The van der Waals surface area contributed by atoms with Gasteiger partial charge in [0.1, 0.15) is 5.82 Å². The highest BCUT2D eigenvalue weighted by atomic mass is 16.1. The van der Waals surface area contributed by atoms with Crippen molar-refractivity contribution in [3.05, 3.63) is 103 Å². The number of amides is 1. The Kier molecular flexibility index (Phi) is 5.29. The number of aromatic nitrogens is 4. The van der Waals surface area contributed by atoms with Crippen LogP contribution in [0.4, 0.5) is 0 Å². The molecule has 4 rings (SSSR count). The van der Waals surface area contributed by atoms with E-state index in [0.29, 0.717) is 18.5 Å². The van der Waals surface area contributed by atoms with Crippen molar-refractivity contribution in [3.8, 4) is 5.69 Å². The molecule has 0 saturated carbocycles. The van der Waals surface area contributed by atoms with Crippen molar-refractivity contribution in [1.82, 2.24) is 24.4 Å². The maximum Gasteiger partial charge on any atom is 0.251 e. The van der Waals surface area contributed by atoms with Gasteiger partial charge in [0.05, 0.1) is 6.33 Å². The van der Waals surface area contributed by atoms with Gasteiger partial charge in [-0.15, -0.1) is 0 Å². The second kappa shape index (κ2) is 8.35. The molecule has 4 aromatic rings. The lowest BCUT2D eigenvalue weighted by atomic mass is 10.2. The zero-order chi connectivity index (χ0) is 19.2. The molecule has 0 fully saturated rings. The molecule has 28 heavy (non-hydrogen) atoms. The standard InChI is InChI=1S/C22H21N5O/c28-22(19-6-8-20(9-7-19)27-14-12-23-17-27)25-11-10-21-24-13-15-26(21)16-18-4-2-1-3-5-18/h1-9,12-15,17H,10-11,16H2,(H,25,28). The number of nitrogens with zero attached hydrogens (tertiary/aromatic N) is 4. The number of rotatable bonds is 7. The number of benzene rings is 2. The van der Waals surface area contributed by atoms with Crippen molar-refractivity contribution in [3.63, 3.8) is 0 Å². The SMILES string of the molecule is O=C(NCCc1nccn1Cc1ccccc1)c1ccc(-n2ccnc2)cc1. The van der Waals surface area contributed by atoms with E-state index in [9.17, 15) is 4.79 Å². The summed E-state index contributed by atoms with van der Waals surface area (Å²) in [4.78, 5) is 20.8. The molecule has 2 heterocycles. The van der Waals surface area contributed by atoms with Gasteiger partial charge in [0.2, 0.25) is 0 Å². The first kappa shape index (κ1) is 17.7. The third-order valence-electron chi connectivity index (χ3n) is 4.56. The number of hydrogen-bond donors (Lipinski definition) is 1. The van der Waals surface area contributed by atoms with Gasteiger partial charge in [0, 0.05) is 55.5 Å². The molecule has 0 radical (unpaired) electrons. The molecule has 0 aliphatic heterocycles. The lowest BCUT2D eigenvalue weighted by molar-refractivity contribution is 0.0954. The molecule has 140 valence electrons. The molecule has 0 spiro atoms. The van der Waals surface area contributed by atoms with Gasteiger partial charge in [-0.3, -0.25) is 4.79 Å². The molecule has 6 nitrogen and oxygen atoms in total. The fraction of sp³-hybridized carbons (Fsp3) is 0.136. The molecule has 2 aromatic heterocycles. The minimum Gasteiger partial charge on any atom is -0.352 e. The van der Waals surface area contributed by atoms with E-state index in [1.165, 1.54) is 5.56 Å². The quantitative estimate of drug-likeness (QED) is 0.543. The normalized spacial score (nSPS) is 10.7. The first-order valence-corrected chi connectivity index (χ1v) is 9.20. The highest BCUT2D eigenvalue weighted by Gasteiger charge is 2.08. The first-order chi connectivity index (χ1) is 13.8. The summed E-state index contributed by atoms with van der Waals surface area (Å²) in [5.41, 5.74) is 2.83. The van der Waals surface area contributed by atoms with E-state index in [-0.39, 0.29) is 5.91 Å². The summed E-state index contributed by atoms with van der Waals surface area (Å²) in [7, 11) is 0. The fourth-order valence-electron chi connectivity index (χ4n) is 3.08. The highest BCUT2D eigenvalue weighted by Crippen LogP contribution is 2.10. The molecular weight excluding hydrogens is 350 g/mol.